The fourth-order valence-corrected chi connectivity index (χ4v) is 8.33. The Morgan fingerprint density at radius 2 is 2.00 bits per heavy atom. The Morgan fingerprint density at radius 1 is 1.20 bits per heavy atom. The monoisotopic (exact) mass is 592 g/mol. The van der Waals surface area contributed by atoms with E-state index in [0.29, 0.717) is 15.8 Å². The van der Waals surface area contributed by atoms with Crippen LogP contribution in [0.5, 0.6) is 0 Å². The van der Waals surface area contributed by atoms with Crippen LogP contribution in [0.2, 0.25) is 0 Å². The first-order valence-electron chi connectivity index (χ1n) is 14.5. The Labute approximate surface area is 247 Å². The van der Waals surface area contributed by atoms with Gasteiger partial charge in [-0.15, -0.1) is 27.8 Å². The van der Waals surface area contributed by atoms with Crippen LogP contribution in [0.4, 0.5) is 0 Å². The number of hydrogen-bond donors (Lipinski definition) is 1. The zero-order valence-electron chi connectivity index (χ0n) is 23.5. The molecule has 10 heteroatoms. The lowest BCUT2D eigenvalue weighted by atomic mass is 9.91. The summed E-state index contributed by atoms with van der Waals surface area (Å²) in [6.45, 7) is 3.68. The van der Waals surface area contributed by atoms with Crippen molar-refractivity contribution >= 4 is 46.0 Å². The predicted molar refractivity (Wildman–Crippen MR) is 161 cm³/mol. The second kappa shape index (κ2) is 11.8. The number of thiophene rings is 2. The van der Waals surface area contributed by atoms with Crippen molar-refractivity contribution in [2.75, 3.05) is 13.6 Å². The Hall–Kier alpha value is -2.92. The van der Waals surface area contributed by atoms with Gasteiger partial charge in [0.25, 0.3) is 0 Å². The van der Waals surface area contributed by atoms with E-state index in [0.717, 1.165) is 92.2 Å². The smallest absolute Gasteiger partial charge is 0.349 e. The van der Waals surface area contributed by atoms with Crippen LogP contribution in [-0.4, -0.2) is 63.0 Å². The number of nitrogens with zero attached hydrogens (tertiary/aromatic N) is 4. The average molecular weight is 593 g/mol. The van der Waals surface area contributed by atoms with Crippen molar-refractivity contribution in [1.29, 1.82) is 0 Å². The Balaban J connectivity index is 1.03. The third kappa shape index (κ3) is 5.38. The van der Waals surface area contributed by atoms with Crippen LogP contribution >= 0.6 is 22.7 Å². The summed E-state index contributed by atoms with van der Waals surface area (Å²) in [6.07, 6.45) is 8.15. The molecule has 0 radical (unpaired) electrons. The summed E-state index contributed by atoms with van der Waals surface area (Å²) in [7, 11) is 2.17. The Bertz CT molecular complexity index is 1540. The number of benzene rings is 1. The number of ether oxygens (including phenoxy) is 1. The summed E-state index contributed by atoms with van der Waals surface area (Å²) in [6, 6.07) is 9.70. The highest BCUT2D eigenvalue weighted by molar-refractivity contribution is 7.13. The molecule has 1 atom stereocenters. The standard InChI is InChI=1S/C31H36N4O4S2/c1-20-9-14-28(41-20)31(38,27-8-4-17-40-27)30(37)39-23-12-10-22(11-13-23)34(2)15-5-16-35-29-25-7-3-6-24(25)21(19-36)18-26(29)32-33-35/h4,8-9,14,17-19,22-23,38H,3,5-7,10-13,15-16H2,1-2H3/t22-,23-,31-/m1/s1. The zero-order valence-corrected chi connectivity index (χ0v) is 25.2. The number of carbonyl (C=O) groups excluding carboxylic acids is 2. The molecule has 3 heterocycles. The second-order valence-electron chi connectivity index (χ2n) is 11.3. The molecule has 41 heavy (non-hydrogen) atoms. The number of rotatable bonds is 10. The third-order valence-electron chi connectivity index (χ3n) is 8.72. The first-order valence-corrected chi connectivity index (χ1v) is 16.2. The van der Waals surface area contributed by atoms with Crippen molar-refractivity contribution in [1.82, 2.24) is 19.9 Å². The molecule has 1 fully saturated rings. The number of aryl methyl sites for hydroxylation is 3. The lowest BCUT2D eigenvalue weighted by molar-refractivity contribution is -0.169. The van der Waals surface area contributed by atoms with Crippen molar-refractivity contribution in [2.45, 2.75) is 82.6 Å². The molecule has 1 N–H and O–H groups in total. The van der Waals surface area contributed by atoms with Crippen LogP contribution in [0.25, 0.3) is 11.0 Å². The molecule has 2 aliphatic carbocycles. The molecular weight excluding hydrogens is 556 g/mol. The molecule has 8 nitrogen and oxygen atoms in total. The van der Waals surface area contributed by atoms with Crippen LogP contribution in [0, 0.1) is 6.92 Å². The first kappa shape index (κ1) is 28.2. The van der Waals surface area contributed by atoms with Gasteiger partial charge in [0.05, 0.1) is 15.3 Å². The molecule has 0 aliphatic heterocycles. The molecule has 0 unspecified atom stereocenters. The lowest BCUT2D eigenvalue weighted by Gasteiger charge is -2.35. The molecule has 6 rings (SSSR count). The summed E-state index contributed by atoms with van der Waals surface area (Å²) in [5.41, 5.74) is 3.32. The van der Waals surface area contributed by atoms with Gasteiger partial charge in [-0.2, -0.15) is 0 Å². The summed E-state index contributed by atoms with van der Waals surface area (Å²) in [4.78, 5) is 29.6. The molecule has 0 spiro atoms. The van der Waals surface area contributed by atoms with E-state index in [1.807, 2.05) is 41.3 Å². The van der Waals surface area contributed by atoms with Gasteiger partial charge in [-0.1, -0.05) is 11.3 Å². The zero-order chi connectivity index (χ0) is 28.6. The Morgan fingerprint density at radius 3 is 2.71 bits per heavy atom. The second-order valence-corrected chi connectivity index (χ2v) is 13.6. The maximum atomic E-state index is 13.4. The van der Waals surface area contributed by atoms with Crippen LogP contribution in [-0.2, 0) is 34.5 Å². The highest BCUT2D eigenvalue weighted by atomic mass is 32.1. The van der Waals surface area contributed by atoms with Gasteiger partial charge in [0.2, 0.25) is 5.60 Å². The number of esters is 1. The van der Waals surface area contributed by atoms with E-state index in [1.165, 1.54) is 33.8 Å². The molecule has 1 saturated carbocycles. The Kier molecular flexibility index (Phi) is 8.09. The first-order chi connectivity index (χ1) is 19.9. The topological polar surface area (TPSA) is 97.6 Å². The van der Waals surface area contributed by atoms with Gasteiger partial charge in [0.1, 0.15) is 17.9 Å². The molecular formula is C31H36N4O4S2. The molecule has 0 bridgehead atoms. The highest BCUT2D eigenvalue weighted by Gasteiger charge is 2.45. The van der Waals surface area contributed by atoms with Crippen molar-refractivity contribution in [3.8, 4) is 0 Å². The van der Waals surface area contributed by atoms with Crippen molar-refractivity contribution < 1.29 is 19.4 Å². The van der Waals surface area contributed by atoms with Gasteiger partial charge in [0.15, 0.2) is 0 Å². The van der Waals surface area contributed by atoms with Gasteiger partial charge in [-0.3, -0.25) is 4.79 Å². The molecule has 2 aliphatic rings. The summed E-state index contributed by atoms with van der Waals surface area (Å²) >= 11 is 2.79. The van der Waals surface area contributed by atoms with Crippen LogP contribution in [0.15, 0.2) is 35.7 Å². The quantitative estimate of drug-likeness (QED) is 0.198. The maximum absolute atomic E-state index is 13.4. The fourth-order valence-electron chi connectivity index (χ4n) is 6.48. The van der Waals surface area contributed by atoms with E-state index in [4.69, 9.17) is 4.74 Å². The largest absolute Gasteiger partial charge is 0.460 e. The SMILES string of the molecule is Cc1ccc([C@@](O)(C(=O)O[C@H]2CC[C@H](N(C)CCCn3nnc4cc(C=O)c5c(c43)CCC5)CC2)c2cccs2)s1. The number of carbonyl (C=O) groups is 2. The van der Waals surface area contributed by atoms with Crippen LogP contribution in [0.3, 0.4) is 0 Å². The molecule has 0 saturated heterocycles. The van der Waals surface area contributed by atoms with E-state index in [2.05, 4.69) is 22.3 Å². The average Bonchev–Trinajstić information content (AvgIpc) is 3.79. The van der Waals surface area contributed by atoms with Crippen molar-refractivity contribution in [3.05, 3.63) is 67.0 Å². The van der Waals surface area contributed by atoms with E-state index in [1.54, 1.807) is 6.07 Å². The number of aliphatic hydroxyl groups is 1. The van der Waals surface area contributed by atoms with Gasteiger partial charge in [-0.05, 0) is 113 Å². The fraction of sp³-hybridized carbons (Fsp3) is 0.484. The van der Waals surface area contributed by atoms with Crippen molar-refractivity contribution in [2.24, 2.45) is 0 Å². The molecule has 0 amide bonds. The van der Waals surface area contributed by atoms with Gasteiger partial charge in [0, 0.05) is 23.0 Å². The predicted octanol–water partition coefficient (Wildman–Crippen LogP) is 5.28. The number of hydrogen-bond acceptors (Lipinski definition) is 9. The molecule has 1 aromatic carbocycles. The van der Waals surface area contributed by atoms with E-state index < -0.39 is 11.6 Å². The minimum atomic E-state index is -1.76. The molecule has 216 valence electrons. The summed E-state index contributed by atoms with van der Waals surface area (Å²) < 4.78 is 7.98. The minimum absolute atomic E-state index is 0.195. The summed E-state index contributed by atoms with van der Waals surface area (Å²) in [5, 5.41) is 22.3. The molecule has 4 aromatic rings. The summed E-state index contributed by atoms with van der Waals surface area (Å²) in [5.74, 6) is -0.578. The number of fused-ring (bicyclic) bond motifs is 3. The van der Waals surface area contributed by atoms with Crippen LogP contribution < -0.4 is 0 Å². The van der Waals surface area contributed by atoms with Gasteiger partial charge < -0.3 is 14.7 Å². The van der Waals surface area contributed by atoms with Gasteiger partial charge >= 0.3 is 5.97 Å². The van der Waals surface area contributed by atoms with Crippen LogP contribution in [0.1, 0.15) is 74.6 Å². The van der Waals surface area contributed by atoms with E-state index in [-0.39, 0.29) is 6.10 Å². The highest BCUT2D eigenvalue weighted by Crippen LogP contribution is 2.39. The lowest BCUT2D eigenvalue weighted by Crippen LogP contribution is -2.42. The minimum Gasteiger partial charge on any atom is -0.460 e. The van der Waals surface area contributed by atoms with E-state index >= 15 is 0 Å². The van der Waals surface area contributed by atoms with E-state index in [9.17, 15) is 14.7 Å². The number of aldehydes is 1. The number of aromatic nitrogens is 3. The normalized spacial score (nSPS) is 20.3. The van der Waals surface area contributed by atoms with Gasteiger partial charge in [-0.25, -0.2) is 9.48 Å². The molecule has 3 aromatic heterocycles. The maximum Gasteiger partial charge on any atom is 0.349 e. The third-order valence-corrected chi connectivity index (χ3v) is 10.8. The van der Waals surface area contributed by atoms with Crippen molar-refractivity contribution in [3.63, 3.8) is 0 Å².